The zero-order valence-corrected chi connectivity index (χ0v) is 10.1. The first-order chi connectivity index (χ1) is 7.57. The van der Waals surface area contributed by atoms with Crippen LogP contribution in [0.5, 0.6) is 0 Å². The zero-order valence-electron chi connectivity index (χ0n) is 10.1. The third-order valence-corrected chi connectivity index (χ3v) is 3.91. The fraction of sp³-hybridized carbons (Fsp3) is 0.750. The normalized spacial score (nSPS) is 24.4. The van der Waals surface area contributed by atoms with E-state index in [0.717, 1.165) is 31.2 Å². The van der Waals surface area contributed by atoms with Gasteiger partial charge in [0.05, 0.1) is 11.4 Å². The molecule has 16 heavy (non-hydrogen) atoms. The van der Waals surface area contributed by atoms with Crippen molar-refractivity contribution in [3.63, 3.8) is 0 Å². The van der Waals surface area contributed by atoms with E-state index in [4.69, 9.17) is 5.73 Å². The molecule has 2 N–H and O–H groups in total. The van der Waals surface area contributed by atoms with E-state index < -0.39 is 0 Å². The highest BCUT2D eigenvalue weighted by atomic mass is 15.3. The summed E-state index contributed by atoms with van der Waals surface area (Å²) in [5.74, 6) is 0.803. The van der Waals surface area contributed by atoms with Gasteiger partial charge in [-0.2, -0.15) is 5.10 Å². The molecule has 0 spiro atoms. The van der Waals surface area contributed by atoms with Gasteiger partial charge in [0.2, 0.25) is 0 Å². The van der Waals surface area contributed by atoms with Crippen LogP contribution in [0.25, 0.3) is 0 Å². The second-order valence-corrected chi connectivity index (χ2v) is 5.55. The van der Waals surface area contributed by atoms with Gasteiger partial charge in [-0.15, -0.1) is 0 Å². The number of likely N-dealkylation sites (tertiary alicyclic amines) is 1. The van der Waals surface area contributed by atoms with Crippen molar-refractivity contribution in [1.82, 2.24) is 14.7 Å². The first kappa shape index (κ1) is 10.3. The summed E-state index contributed by atoms with van der Waals surface area (Å²) in [7, 11) is 2.01. The van der Waals surface area contributed by atoms with Gasteiger partial charge >= 0.3 is 0 Å². The molecule has 1 saturated heterocycles. The van der Waals surface area contributed by atoms with Crippen LogP contribution in [0.15, 0.2) is 6.07 Å². The molecule has 2 aliphatic rings. The molecule has 1 aromatic heterocycles. The first-order valence-corrected chi connectivity index (χ1v) is 6.07. The fourth-order valence-electron chi connectivity index (χ4n) is 2.86. The molecule has 0 bridgehead atoms. The van der Waals surface area contributed by atoms with Crippen molar-refractivity contribution in [3.8, 4) is 0 Å². The summed E-state index contributed by atoms with van der Waals surface area (Å²) < 4.78 is 1.98. The van der Waals surface area contributed by atoms with Crippen molar-refractivity contribution in [2.45, 2.75) is 31.8 Å². The molecule has 0 aromatic carbocycles. The van der Waals surface area contributed by atoms with Crippen molar-refractivity contribution >= 4 is 0 Å². The monoisotopic (exact) mass is 220 g/mol. The Hall–Kier alpha value is -0.870. The van der Waals surface area contributed by atoms with Crippen molar-refractivity contribution < 1.29 is 0 Å². The van der Waals surface area contributed by atoms with E-state index in [0.29, 0.717) is 0 Å². The minimum atomic E-state index is 0.133. The van der Waals surface area contributed by atoms with E-state index in [-0.39, 0.29) is 5.54 Å². The number of aromatic nitrogens is 2. The first-order valence-electron chi connectivity index (χ1n) is 6.07. The summed E-state index contributed by atoms with van der Waals surface area (Å²) >= 11 is 0. The van der Waals surface area contributed by atoms with E-state index in [9.17, 15) is 0 Å². The van der Waals surface area contributed by atoms with Gasteiger partial charge in [-0.05, 0) is 31.7 Å². The Labute approximate surface area is 96.4 Å². The van der Waals surface area contributed by atoms with Crippen LogP contribution in [0, 0.1) is 12.8 Å². The SMILES string of the molecule is Cc1cc(CN2CC(N)(C3CC3)C2)n(C)n1. The minimum Gasteiger partial charge on any atom is -0.323 e. The lowest BCUT2D eigenvalue weighted by molar-refractivity contribution is 0.0457. The van der Waals surface area contributed by atoms with Gasteiger partial charge in [0.25, 0.3) is 0 Å². The summed E-state index contributed by atoms with van der Waals surface area (Å²) in [6.07, 6.45) is 2.68. The lowest BCUT2D eigenvalue weighted by atomic mass is 9.85. The Balaban J connectivity index is 1.59. The molecule has 3 rings (SSSR count). The number of nitrogens with zero attached hydrogens (tertiary/aromatic N) is 3. The van der Waals surface area contributed by atoms with Crippen LogP contribution in [0.2, 0.25) is 0 Å². The van der Waals surface area contributed by atoms with E-state index in [1.807, 2.05) is 18.7 Å². The van der Waals surface area contributed by atoms with Gasteiger partial charge in [-0.25, -0.2) is 0 Å². The van der Waals surface area contributed by atoms with E-state index >= 15 is 0 Å². The van der Waals surface area contributed by atoms with Crippen molar-refractivity contribution in [2.24, 2.45) is 18.7 Å². The molecule has 0 amide bonds. The highest BCUT2D eigenvalue weighted by Crippen LogP contribution is 2.43. The van der Waals surface area contributed by atoms with Gasteiger partial charge in [-0.3, -0.25) is 9.58 Å². The predicted octanol–water partition coefficient (Wildman–Crippen LogP) is 0.652. The highest BCUT2D eigenvalue weighted by molar-refractivity contribution is 5.13. The third-order valence-electron chi connectivity index (χ3n) is 3.91. The van der Waals surface area contributed by atoms with Gasteiger partial charge in [-0.1, -0.05) is 0 Å². The second kappa shape index (κ2) is 3.31. The van der Waals surface area contributed by atoms with Gasteiger partial charge < -0.3 is 5.73 Å². The molecule has 1 saturated carbocycles. The molecule has 1 aromatic rings. The Morgan fingerprint density at radius 1 is 1.50 bits per heavy atom. The van der Waals surface area contributed by atoms with E-state index in [2.05, 4.69) is 16.1 Å². The Morgan fingerprint density at radius 3 is 2.69 bits per heavy atom. The van der Waals surface area contributed by atoms with Gasteiger partial charge in [0.1, 0.15) is 0 Å². The fourth-order valence-corrected chi connectivity index (χ4v) is 2.86. The molecule has 0 atom stereocenters. The van der Waals surface area contributed by atoms with Crippen LogP contribution < -0.4 is 5.73 Å². The maximum absolute atomic E-state index is 6.33. The number of hydrogen-bond acceptors (Lipinski definition) is 3. The largest absolute Gasteiger partial charge is 0.323 e. The Kier molecular flexibility index (Phi) is 2.13. The summed E-state index contributed by atoms with van der Waals surface area (Å²) in [6, 6.07) is 2.16. The molecule has 4 heteroatoms. The van der Waals surface area contributed by atoms with Crippen LogP contribution in [0.1, 0.15) is 24.2 Å². The number of nitrogens with two attached hydrogens (primary N) is 1. The van der Waals surface area contributed by atoms with Crippen LogP contribution in [0.3, 0.4) is 0 Å². The average molecular weight is 220 g/mol. The van der Waals surface area contributed by atoms with Crippen LogP contribution in [-0.4, -0.2) is 33.3 Å². The molecule has 2 fully saturated rings. The second-order valence-electron chi connectivity index (χ2n) is 5.55. The van der Waals surface area contributed by atoms with Gasteiger partial charge in [0, 0.05) is 32.2 Å². The Morgan fingerprint density at radius 2 is 2.19 bits per heavy atom. The Bertz CT molecular complexity index is 399. The smallest absolute Gasteiger partial charge is 0.0597 e. The topological polar surface area (TPSA) is 47.1 Å². The van der Waals surface area contributed by atoms with Crippen LogP contribution in [0.4, 0.5) is 0 Å². The lowest BCUT2D eigenvalue weighted by Gasteiger charge is -2.48. The summed E-state index contributed by atoms with van der Waals surface area (Å²) in [6.45, 7) is 5.14. The minimum absolute atomic E-state index is 0.133. The van der Waals surface area contributed by atoms with Crippen LogP contribution >= 0.6 is 0 Å². The molecule has 0 radical (unpaired) electrons. The van der Waals surface area contributed by atoms with Crippen molar-refractivity contribution in [2.75, 3.05) is 13.1 Å². The molecule has 4 nitrogen and oxygen atoms in total. The van der Waals surface area contributed by atoms with Crippen molar-refractivity contribution in [1.29, 1.82) is 0 Å². The van der Waals surface area contributed by atoms with E-state index in [1.165, 1.54) is 18.5 Å². The molecule has 1 aliphatic carbocycles. The number of rotatable bonds is 3. The highest BCUT2D eigenvalue weighted by Gasteiger charge is 2.50. The van der Waals surface area contributed by atoms with E-state index in [1.54, 1.807) is 0 Å². The van der Waals surface area contributed by atoms with Crippen molar-refractivity contribution in [3.05, 3.63) is 17.5 Å². The lowest BCUT2D eigenvalue weighted by Crippen LogP contribution is -2.68. The van der Waals surface area contributed by atoms with Gasteiger partial charge in [0.15, 0.2) is 0 Å². The number of aryl methyl sites for hydroxylation is 2. The zero-order chi connectivity index (χ0) is 11.3. The third kappa shape index (κ3) is 1.66. The average Bonchev–Trinajstić information content (AvgIpc) is 2.92. The summed E-state index contributed by atoms with van der Waals surface area (Å²) in [4.78, 5) is 2.43. The summed E-state index contributed by atoms with van der Waals surface area (Å²) in [5.41, 5.74) is 8.85. The van der Waals surface area contributed by atoms with Crippen LogP contribution in [-0.2, 0) is 13.6 Å². The summed E-state index contributed by atoms with van der Waals surface area (Å²) in [5, 5.41) is 4.37. The molecular weight excluding hydrogens is 200 g/mol. The standard InChI is InChI=1S/C12H20N4/c1-9-5-11(15(2)14-9)6-16-7-12(13,8-16)10-3-4-10/h5,10H,3-4,6-8,13H2,1-2H3. The molecule has 88 valence electrons. The molecule has 0 unspecified atom stereocenters. The quantitative estimate of drug-likeness (QED) is 0.813. The molecule has 1 aliphatic heterocycles. The maximum Gasteiger partial charge on any atom is 0.0597 e. The predicted molar refractivity (Wildman–Crippen MR) is 62.9 cm³/mol. The molecule has 2 heterocycles. The maximum atomic E-state index is 6.33. The molecular formula is C12H20N4. The number of hydrogen-bond donors (Lipinski definition) is 1.